The lowest BCUT2D eigenvalue weighted by Crippen LogP contribution is -2.44. The number of pyridine rings is 1. The largest absolute Gasteiger partial charge is 0.369 e. The Bertz CT molecular complexity index is 1310. The normalized spacial score (nSPS) is 17.9. The van der Waals surface area contributed by atoms with E-state index in [1.165, 1.54) is 11.3 Å². The topological polar surface area (TPSA) is 55.2 Å². The smallest absolute Gasteiger partial charge is 0.247 e. The third-order valence-electron chi connectivity index (χ3n) is 7.60. The van der Waals surface area contributed by atoms with E-state index in [-0.39, 0.29) is 0 Å². The summed E-state index contributed by atoms with van der Waals surface area (Å²) in [6, 6.07) is 23.6. The van der Waals surface area contributed by atoms with Gasteiger partial charge in [0, 0.05) is 75.8 Å². The van der Waals surface area contributed by atoms with Crippen LogP contribution in [0.1, 0.15) is 5.56 Å². The van der Waals surface area contributed by atoms with Crippen molar-refractivity contribution >= 4 is 23.0 Å². The summed E-state index contributed by atoms with van der Waals surface area (Å²) >= 11 is 0. The van der Waals surface area contributed by atoms with Gasteiger partial charge in [0.2, 0.25) is 5.95 Å². The number of fused-ring (bicyclic) bond motifs is 1. The molecule has 0 unspecified atom stereocenters. The molecule has 0 aliphatic carbocycles. The third-order valence-corrected chi connectivity index (χ3v) is 7.60. The maximum absolute atomic E-state index is 4.79. The molecule has 0 amide bonds. The predicted octanol–water partition coefficient (Wildman–Crippen LogP) is 3.64. The van der Waals surface area contributed by atoms with Gasteiger partial charge in [-0.3, -0.25) is 4.90 Å². The Balaban J connectivity index is 1.15. The van der Waals surface area contributed by atoms with Crippen LogP contribution in [0, 0.1) is 0 Å². The zero-order valence-corrected chi connectivity index (χ0v) is 21.8. The van der Waals surface area contributed by atoms with Gasteiger partial charge in [-0.15, -0.1) is 5.10 Å². The monoisotopic (exact) mass is 496 g/mol. The molecule has 4 aromatic rings. The number of hydrogen-bond donors (Lipinski definition) is 1. The standard InChI is InChI=1S/C29H36N8/c1-33-14-18-35(19-15-33)22-23-6-8-24(9-7-23)27-4-3-5-28-31-29(32-37(27)28)30-25-10-12-26(13-11-25)36-20-16-34(2)17-21-36/h3-13H,14-22H2,1-2H3,(H,30,32). The van der Waals surface area contributed by atoms with E-state index in [1.807, 2.05) is 16.6 Å². The van der Waals surface area contributed by atoms with Crippen LogP contribution in [-0.2, 0) is 6.54 Å². The minimum Gasteiger partial charge on any atom is -0.369 e. The van der Waals surface area contributed by atoms with Crippen LogP contribution in [0.4, 0.5) is 17.3 Å². The van der Waals surface area contributed by atoms with E-state index in [0.29, 0.717) is 5.95 Å². The fourth-order valence-corrected chi connectivity index (χ4v) is 5.17. The van der Waals surface area contributed by atoms with Gasteiger partial charge in [0.25, 0.3) is 0 Å². The van der Waals surface area contributed by atoms with Crippen LogP contribution < -0.4 is 10.2 Å². The van der Waals surface area contributed by atoms with Gasteiger partial charge in [-0.05, 0) is 56.1 Å². The summed E-state index contributed by atoms with van der Waals surface area (Å²) in [5.74, 6) is 0.603. The number of piperazine rings is 2. The number of benzene rings is 2. The zero-order valence-electron chi connectivity index (χ0n) is 21.8. The van der Waals surface area contributed by atoms with Crippen molar-refractivity contribution in [3.8, 4) is 11.3 Å². The van der Waals surface area contributed by atoms with E-state index in [1.54, 1.807) is 0 Å². The molecule has 0 atom stereocenters. The molecule has 37 heavy (non-hydrogen) atoms. The number of anilines is 3. The van der Waals surface area contributed by atoms with Crippen molar-refractivity contribution in [1.29, 1.82) is 0 Å². The fourth-order valence-electron chi connectivity index (χ4n) is 5.17. The molecule has 2 aliphatic rings. The van der Waals surface area contributed by atoms with E-state index in [9.17, 15) is 0 Å². The number of aromatic nitrogens is 3. The highest BCUT2D eigenvalue weighted by Crippen LogP contribution is 2.24. The summed E-state index contributed by atoms with van der Waals surface area (Å²) in [4.78, 5) is 14.5. The van der Waals surface area contributed by atoms with E-state index in [4.69, 9.17) is 10.1 Å². The Morgan fingerprint density at radius 2 is 1.41 bits per heavy atom. The molecule has 0 saturated carbocycles. The van der Waals surface area contributed by atoms with Gasteiger partial charge < -0.3 is 20.0 Å². The summed E-state index contributed by atoms with van der Waals surface area (Å²) in [6.07, 6.45) is 0. The fraction of sp³-hybridized carbons (Fsp3) is 0.379. The minimum atomic E-state index is 0.603. The van der Waals surface area contributed by atoms with Crippen LogP contribution in [0.25, 0.3) is 16.9 Å². The highest BCUT2D eigenvalue weighted by Gasteiger charge is 2.16. The summed E-state index contributed by atoms with van der Waals surface area (Å²) in [6.45, 7) is 9.89. The lowest BCUT2D eigenvalue weighted by Gasteiger charge is -2.34. The molecule has 1 N–H and O–H groups in total. The number of likely N-dealkylation sites (N-methyl/N-ethyl adjacent to an activating group) is 2. The maximum atomic E-state index is 4.79. The third kappa shape index (κ3) is 5.46. The summed E-state index contributed by atoms with van der Waals surface area (Å²) in [7, 11) is 4.38. The molecular formula is C29H36N8. The van der Waals surface area contributed by atoms with Crippen molar-refractivity contribution in [3.63, 3.8) is 0 Å². The first-order chi connectivity index (χ1) is 18.1. The minimum absolute atomic E-state index is 0.603. The first kappa shape index (κ1) is 23.9. The molecule has 2 aromatic carbocycles. The van der Waals surface area contributed by atoms with Gasteiger partial charge >= 0.3 is 0 Å². The Morgan fingerprint density at radius 1 is 0.730 bits per heavy atom. The predicted molar refractivity (Wildman–Crippen MR) is 151 cm³/mol. The van der Waals surface area contributed by atoms with Gasteiger partial charge in [-0.25, -0.2) is 4.52 Å². The van der Waals surface area contributed by atoms with Crippen LogP contribution in [0.15, 0.2) is 66.7 Å². The summed E-state index contributed by atoms with van der Waals surface area (Å²) in [5, 5.41) is 8.18. The van der Waals surface area contributed by atoms with Crippen LogP contribution in [0.3, 0.4) is 0 Å². The quantitative estimate of drug-likeness (QED) is 0.437. The van der Waals surface area contributed by atoms with Crippen LogP contribution in [0.2, 0.25) is 0 Å². The molecule has 2 fully saturated rings. The average molecular weight is 497 g/mol. The molecule has 2 aromatic heterocycles. The SMILES string of the molecule is CN1CCN(Cc2ccc(-c3cccc4nc(Nc5ccc(N6CCN(C)CC6)cc5)nn34)cc2)CC1. The highest BCUT2D eigenvalue weighted by molar-refractivity contribution is 5.65. The van der Waals surface area contributed by atoms with Gasteiger partial charge in [-0.2, -0.15) is 4.98 Å². The number of nitrogens with one attached hydrogen (secondary N) is 1. The highest BCUT2D eigenvalue weighted by atomic mass is 15.4. The molecule has 4 heterocycles. The molecule has 0 spiro atoms. The maximum Gasteiger partial charge on any atom is 0.247 e. The zero-order chi connectivity index (χ0) is 25.2. The van der Waals surface area contributed by atoms with E-state index in [2.05, 4.69) is 93.6 Å². The number of hydrogen-bond acceptors (Lipinski definition) is 7. The second-order valence-corrected chi connectivity index (χ2v) is 10.4. The molecular weight excluding hydrogens is 460 g/mol. The van der Waals surface area contributed by atoms with E-state index >= 15 is 0 Å². The Morgan fingerprint density at radius 3 is 2.11 bits per heavy atom. The van der Waals surface area contributed by atoms with Crippen LogP contribution in [0.5, 0.6) is 0 Å². The second-order valence-electron chi connectivity index (χ2n) is 10.4. The lowest BCUT2D eigenvalue weighted by molar-refractivity contribution is 0.148. The molecule has 0 radical (unpaired) electrons. The lowest BCUT2D eigenvalue weighted by atomic mass is 10.1. The molecule has 8 heteroatoms. The first-order valence-corrected chi connectivity index (χ1v) is 13.3. The Labute approximate surface area is 219 Å². The van der Waals surface area contributed by atoms with E-state index < -0.39 is 0 Å². The molecule has 8 nitrogen and oxygen atoms in total. The molecule has 192 valence electrons. The van der Waals surface area contributed by atoms with Crippen molar-refractivity contribution in [2.45, 2.75) is 6.54 Å². The van der Waals surface area contributed by atoms with Crippen molar-refractivity contribution < 1.29 is 0 Å². The molecule has 2 aliphatic heterocycles. The van der Waals surface area contributed by atoms with Gasteiger partial charge in [-0.1, -0.05) is 30.3 Å². The number of rotatable bonds is 6. The average Bonchev–Trinajstić information content (AvgIpc) is 3.34. The van der Waals surface area contributed by atoms with Gasteiger partial charge in [0.1, 0.15) is 0 Å². The van der Waals surface area contributed by atoms with Crippen molar-refractivity contribution in [2.24, 2.45) is 0 Å². The van der Waals surface area contributed by atoms with Crippen LogP contribution >= 0.6 is 0 Å². The van der Waals surface area contributed by atoms with Gasteiger partial charge in [0.15, 0.2) is 5.65 Å². The first-order valence-electron chi connectivity index (χ1n) is 13.3. The molecule has 2 saturated heterocycles. The summed E-state index contributed by atoms with van der Waals surface area (Å²) < 4.78 is 1.93. The second kappa shape index (κ2) is 10.5. The van der Waals surface area contributed by atoms with Gasteiger partial charge in [0.05, 0.1) is 5.69 Å². The van der Waals surface area contributed by atoms with E-state index in [0.717, 1.165) is 81.5 Å². The Hall–Kier alpha value is -3.46. The summed E-state index contributed by atoms with van der Waals surface area (Å²) in [5.41, 5.74) is 6.61. The molecule has 0 bridgehead atoms. The van der Waals surface area contributed by atoms with Crippen molar-refractivity contribution in [2.75, 3.05) is 76.7 Å². The number of nitrogens with zero attached hydrogens (tertiary/aromatic N) is 7. The van der Waals surface area contributed by atoms with Crippen LogP contribution in [-0.4, -0.2) is 95.8 Å². The van der Waals surface area contributed by atoms with Crippen molar-refractivity contribution in [3.05, 3.63) is 72.3 Å². The van der Waals surface area contributed by atoms with Crippen molar-refractivity contribution in [1.82, 2.24) is 29.3 Å². The molecule has 6 rings (SSSR count). The Kier molecular flexibility index (Phi) is 6.78.